The number of nitrogens with one attached hydrogen (secondary N) is 1. The summed E-state index contributed by atoms with van der Waals surface area (Å²) in [6, 6.07) is 11.2. The molecule has 106 valence electrons. The Morgan fingerprint density at radius 2 is 2.00 bits per heavy atom. The lowest BCUT2D eigenvalue weighted by Gasteiger charge is -2.26. The first kappa shape index (κ1) is 14.5. The molecule has 1 fully saturated rings. The second kappa shape index (κ2) is 7.66. The third kappa shape index (κ3) is 4.63. The quantitative estimate of drug-likeness (QED) is 0.837. The fourth-order valence-corrected chi connectivity index (χ4v) is 2.83. The molecule has 0 saturated carbocycles. The van der Waals surface area contributed by atoms with E-state index in [9.17, 15) is 0 Å². The lowest BCUT2D eigenvalue weighted by Crippen LogP contribution is -2.30. The van der Waals surface area contributed by atoms with E-state index in [1.54, 1.807) is 0 Å². The summed E-state index contributed by atoms with van der Waals surface area (Å²) in [5, 5.41) is 3.70. The molecule has 2 rings (SSSR count). The van der Waals surface area contributed by atoms with E-state index < -0.39 is 0 Å². The highest BCUT2D eigenvalue weighted by Gasteiger charge is 2.17. The van der Waals surface area contributed by atoms with Crippen LogP contribution in [-0.2, 0) is 4.74 Å². The first-order valence-electron chi connectivity index (χ1n) is 7.67. The van der Waals surface area contributed by atoms with Gasteiger partial charge in [-0.15, -0.1) is 0 Å². The van der Waals surface area contributed by atoms with Gasteiger partial charge in [0.25, 0.3) is 0 Å². The molecule has 0 spiro atoms. The van der Waals surface area contributed by atoms with Gasteiger partial charge >= 0.3 is 0 Å². The summed E-state index contributed by atoms with van der Waals surface area (Å²) in [5.41, 5.74) is 1.39. The number of hydrogen-bond donors (Lipinski definition) is 1. The van der Waals surface area contributed by atoms with Gasteiger partial charge in [-0.2, -0.15) is 0 Å². The third-order valence-corrected chi connectivity index (χ3v) is 3.93. The van der Waals surface area contributed by atoms with Crippen LogP contribution in [-0.4, -0.2) is 19.3 Å². The number of benzene rings is 1. The van der Waals surface area contributed by atoms with Crippen LogP contribution in [0, 0.1) is 5.92 Å². The normalized spacial score (nSPS) is 21.5. The van der Waals surface area contributed by atoms with Gasteiger partial charge in [-0.3, -0.25) is 0 Å². The molecule has 0 aromatic heterocycles. The zero-order valence-electron chi connectivity index (χ0n) is 12.3. The van der Waals surface area contributed by atoms with Crippen LogP contribution < -0.4 is 5.32 Å². The van der Waals surface area contributed by atoms with Crippen molar-refractivity contribution in [1.29, 1.82) is 0 Å². The molecule has 0 bridgehead atoms. The van der Waals surface area contributed by atoms with Gasteiger partial charge in [0.05, 0.1) is 6.10 Å². The van der Waals surface area contributed by atoms with Gasteiger partial charge in [-0.25, -0.2) is 0 Å². The van der Waals surface area contributed by atoms with E-state index >= 15 is 0 Å². The van der Waals surface area contributed by atoms with E-state index in [-0.39, 0.29) is 0 Å². The molecule has 19 heavy (non-hydrogen) atoms. The summed E-state index contributed by atoms with van der Waals surface area (Å²) in [5.74, 6) is 0.606. The predicted molar refractivity (Wildman–Crippen MR) is 80.2 cm³/mol. The summed E-state index contributed by atoms with van der Waals surface area (Å²) in [4.78, 5) is 0. The largest absolute Gasteiger partial charge is 0.378 e. The molecule has 0 radical (unpaired) electrons. The average Bonchev–Trinajstić information content (AvgIpc) is 2.45. The van der Waals surface area contributed by atoms with Crippen LogP contribution in [0.2, 0.25) is 0 Å². The van der Waals surface area contributed by atoms with Crippen molar-refractivity contribution in [3.63, 3.8) is 0 Å². The van der Waals surface area contributed by atoms with Crippen LogP contribution in [0.15, 0.2) is 30.3 Å². The summed E-state index contributed by atoms with van der Waals surface area (Å²) in [6.07, 6.45) is 5.42. The summed E-state index contributed by atoms with van der Waals surface area (Å²) in [6.45, 7) is 6.56. The molecule has 2 atom stereocenters. The van der Waals surface area contributed by atoms with E-state index in [0.717, 1.165) is 19.6 Å². The van der Waals surface area contributed by atoms with E-state index in [2.05, 4.69) is 49.5 Å². The van der Waals surface area contributed by atoms with Gasteiger partial charge in [-0.1, -0.05) is 44.2 Å². The van der Waals surface area contributed by atoms with Gasteiger partial charge in [0.1, 0.15) is 0 Å². The smallest absolute Gasteiger partial charge is 0.0587 e. The molecule has 1 aliphatic rings. The van der Waals surface area contributed by atoms with Crippen molar-refractivity contribution in [3.8, 4) is 0 Å². The van der Waals surface area contributed by atoms with E-state index in [1.165, 1.54) is 24.8 Å². The van der Waals surface area contributed by atoms with Crippen molar-refractivity contribution < 1.29 is 4.74 Å². The molecular weight excluding hydrogens is 234 g/mol. The van der Waals surface area contributed by atoms with Crippen molar-refractivity contribution in [2.45, 2.75) is 51.7 Å². The Kier molecular flexibility index (Phi) is 5.87. The minimum absolute atomic E-state index is 0.449. The summed E-state index contributed by atoms with van der Waals surface area (Å²) < 4.78 is 5.79. The molecule has 2 heteroatoms. The van der Waals surface area contributed by atoms with Crippen LogP contribution in [0.4, 0.5) is 0 Å². The van der Waals surface area contributed by atoms with Crippen LogP contribution in [0.3, 0.4) is 0 Å². The fraction of sp³-hybridized carbons (Fsp3) is 0.647. The van der Waals surface area contributed by atoms with Crippen molar-refractivity contribution in [3.05, 3.63) is 35.9 Å². The molecule has 1 aromatic rings. The zero-order valence-corrected chi connectivity index (χ0v) is 12.3. The van der Waals surface area contributed by atoms with Gasteiger partial charge in [0, 0.05) is 12.6 Å². The Morgan fingerprint density at radius 1 is 1.21 bits per heavy atom. The van der Waals surface area contributed by atoms with Gasteiger partial charge in [0.15, 0.2) is 0 Å². The number of rotatable bonds is 6. The maximum Gasteiger partial charge on any atom is 0.0587 e. The van der Waals surface area contributed by atoms with Crippen LogP contribution in [0.5, 0.6) is 0 Å². The van der Waals surface area contributed by atoms with Crippen molar-refractivity contribution in [2.24, 2.45) is 5.92 Å². The lowest BCUT2D eigenvalue weighted by molar-refractivity contribution is 0.0110. The van der Waals surface area contributed by atoms with E-state index in [1.807, 2.05) is 0 Å². The second-order valence-electron chi connectivity index (χ2n) is 5.86. The van der Waals surface area contributed by atoms with E-state index in [0.29, 0.717) is 18.1 Å². The first-order valence-corrected chi connectivity index (χ1v) is 7.67. The first-order chi connectivity index (χ1) is 9.27. The lowest BCUT2D eigenvalue weighted by atomic mass is 9.95. The molecule has 1 heterocycles. The minimum Gasteiger partial charge on any atom is -0.378 e. The maximum absolute atomic E-state index is 5.79. The molecule has 0 aliphatic carbocycles. The van der Waals surface area contributed by atoms with Crippen molar-refractivity contribution in [1.82, 2.24) is 5.32 Å². The third-order valence-electron chi connectivity index (χ3n) is 3.93. The second-order valence-corrected chi connectivity index (χ2v) is 5.86. The molecule has 1 N–H and O–H groups in total. The van der Waals surface area contributed by atoms with Crippen molar-refractivity contribution >= 4 is 0 Å². The minimum atomic E-state index is 0.449. The highest BCUT2D eigenvalue weighted by Crippen LogP contribution is 2.22. The molecule has 0 amide bonds. The highest BCUT2D eigenvalue weighted by molar-refractivity contribution is 5.19. The van der Waals surface area contributed by atoms with Gasteiger partial charge in [-0.05, 0) is 43.7 Å². The van der Waals surface area contributed by atoms with Crippen LogP contribution in [0.25, 0.3) is 0 Å². The van der Waals surface area contributed by atoms with Gasteiger partial charge in [0.2, 0.25) is 0 Å². The average molecular weight is 261 g/mol. The van der Waals surface area contributed by atoms with Crippen LogP contribution >= 0.6 is 0 Å². The standard InChI is InChI=1S/C17H27NO/c1-14(2)17(15-8-4-3-5-9-15)18-12-11-16-10-6-7-13-19-16/h3-5,8-9,14,16-18H,6-7,10-13H2,1-2H3. The topological polar surface area (TPSA) is 21.3 Å². The highest BCUT2D eigenvalue weighted by atomic mass is 16.5. The molecule has 2 nitrogen and oxygen atoms in total. The number of ether oxygens (including phenoxy) is 1. The van der Waals surface area contributed by atoms with Crippen molar-refractivity contribution in [2.75, 3.05) is 13.2 Å². The SMILES string of the molecule is CC(C)C(NCCC1CCCCO1)c1ccccc1. The zero-order chi connectivity index (χ0) is 13.5. The van der Waals surface area contributed by atoms with Gasteiger partial charge < -0.3 is 10.1 Å². The molecule has 1 aliphatic heterocycles. The Morgan fingerprint density at radius 3 is 2.63 bits per heavy atom. The fourth-order valence-electron chi connectivity index (χ4n) is 2.83. The Balaban J connectivity index is 1.80. The molecule has 1 aromatic carbocycles. The van der Waals surface area contributed by atoms with E-state index in [4.69, 9.17) is 4.74 Å². The molecular formula is C17H27NO. The Labute approximate surface area is 117 Å². The predicted octanol–water partition coefficient (Wildman–Crippen LogP) is 3.93. The molecule has 1 saturated heterocycles. The summed E-state index contributed by atoms with van der Waals surface area (Å²) >= 11 is 0. The monoisotopic (exact) mass is 261 g/mol. The Hall–Kier alpha value is -0.860. The number of hydrogen-bond acceptors (Lipinski definition) is 2. The maximum atomic E-state index is 5.79. The Bertz CT molecular complexity index is 344. The summed E-state index contributed by atoms with van der Waals surface area (Å²) in [7, 11) is 0. The molecule has 2 unspecified atom stereocenters. The van der Waals surface area contributed by atoms with Crippen LogP contribution in [0.1, 0.15) is 51.1 Å².